The molecule has 0 aliphatic heterocycles. The van der Waals surface area contributed by atoms with E-state index in [1.54, 1.807) is 0 Å². The van der Waals surface area contributed by atoms with Crippen LogP contribution in [0.4, 0.5) is 11.4 Å². The molecule has 0 saturated carbocycles. The Hall–Kier alpha value is -2.24. The molecule has 0 saturated heterocycles. The third kappa shape index (κ3) is 8.74. The molecule has 0 heterocycles. The number of nitrogens with zero attached hydrogens (tertiary/aromatic N) is 2. The molecule has 0 bridgehead atoms. The van der Waals surface area contributed by atoms with E-state index in [-0.39, 0.29) is 12.1 Å². The topological polar surface area (TPSA) is 72.8 Å². The molecule has 6 heteroatoms. The maximum atomic E-state index is 4.65. The van der Waals surface area contributed by atoms with E-state index in [4.69, 9.17) is 0 Å². The van der Waals surface area contributed by atoms with E-state index < -0.39 is 0 Å². The molecule has 1 aromatic carbocycles. The van der Waals surface area contributed by atoms with Gasteiger partial charge in [-0.25, -0.2) is 0 Å². The summed E-state index contributed by atoms with van der Waals surface area (Å²) in [5, 5.41) is 13.6. The first-order valence-corrected chi connectivity index (χ1v) is 9.49. The van der Waals surface area contributed by atoms with Crippen molar-refractivity contribution >= 4 is 23.3 Å². The van der Waals surface area contributed by atoms with Crippen LogP contribution in [0.25, 0.3) is 0 Å². The summed E-state index contributed by atoms with van der Waals surface area (Å²) in [5.74, 6) is 1.53. The second kappa shape index (κ2) is 10.7. The Morgan fingerprint density at radius 3 is 1.27 bits per heavy atom. The number of anilines is 2. The van der Waals surface area contributed by atoms with E-state index in [0.29, 0.717) is 12.1 Å². The summed E-state index contributed by atoms with van der Waals surface area (Å²) in [7, 11) is 0. The van der Waals surface area contributed by atoms with Crippen LogP contribution in [0, 0.1) is 0 Å². The van der Waals surface area contributed by atoms with Crippen molar-refractivity contribution in [2.24, 2.45) is 9.98 Å². The van der Waals surface area contributed by atoms with Crippen LogP contribution in [-0.4, -0.2) is 36.1 Å². The minimum absolute atomic E-state index is 0.199. The summed E-state index contributed by atoms with van der Waals surface area (Å²) in [6, 6.07) is 9.05. The zero-order valence-electron chi connectivity index (χ0n) is 17.5. The standard InChI is InChI=1S/C20H36N6/c1-13(2)21-19(22-14(3)4)25-17-11-9-10-12-18(17)26-20(23-15(5)6)24-16(7)8/h9-16H,1-8H3,(H2,21,22,25)(H2,23,24,26). The van der Waals surface area contributed by atoms with Gasteiger partial charge in [0.05, 0.1) is 11.4 Å². The van der Waals surface area contributed by atoms with E-state index in [1.165, 1.54) is 0 Å². The summed E-state index contributed by atoms with van der Waals surface area (Å²) in [6.45, 7) is 16.6. The fourth-order valence-electron chi connectivity index (χ4n) is 2.23. The van der Waals surface area contributed by atoms with Crippen LogP contribution < -0.4 is 21.3 Å². The van der Waals surface area contributed by atoms with Gasteiger partial charge >= 0.3 is 0 Å². The van der Waals surface area contributed by atoms with Gasteiger partial charge in [0, 0.05) is 24.2 Å². The molecule has 26 heavy (non-hydrogen) atoms. The molecule has 0 aliphatic carbocycles. The number of guanidine groups is 2. The molecule has 4 N–H and O–H groups in total. The fraction of sp³-hybridized carbons (Fsp3) is 0.600. The van der Waals surface area contributed by atoms with E-state index >= 15 is 0 Å². The lowest BCUT2D eigenvalue weighted by atomic mass is 10.2. The fourth-order valence-corrected chi connectivity index (χ4v) is 2.23. The van der Waals surface area contributed by atoms with E-state index in [2.05, 4.69) is 86.6 Å². The second-order valence-corrected chi connectivity index (χ2v) is 7.54. The number of hydrogen-bond acceptors (Lipinski definition) is 2. The molecule has 0 radical (unpaired) electrons. The van der Waals surface area contributed by atoms with Gasteiger partial charge in [-0.3, -0.25) is 9.98 Å². The number of para-hydroxylation sites is 2. The van der Waals surface area contributed by atoms with Gasteiger partial charge in [-0.2, -0.15) is 0 Å². The Bertz CT molecular complexity index is 549. The highest BCUT2D eigenvalue weighted by Crippen LogP contribution is 2.21. The number of nitrogens with one attached hydrogen (secondary N) is 4. The van der Waals surface area contributed by atoms with E-state index in [9.17, 15) is 0 Å². The zero-order chi connectivity index (χ0) is 19.7. The van der Waals surface area contributed by atoms with Crippen molar-refractivity contribution < 1.29 is 0 Å². The van der Waals surface area contributed by atoms with Crippen LogP contribution in [-0.2, 0) is 0 Å². The lowest BCUT2D eigenvalue weighted by Crippen LogP contribution is -2.38. The molecular weight excluding hydrogens is 324 g/mol. The molecule has 0 atom stereocenters. The van der Waals surface area contributed by atoms with Gasteiger partial charge in [-0.1, -0.05) is 12.1 Å². The highest BCUT2D eigenvalue weighted by molar-refractivity contribution is 6.01. The van der Waals surface area contributed by atoms with Crippen molar-refractivity contribution in [2.45, 2.75) is 79.6 Å². The molecule has 0 fully saturated rings. The van der Waals surface area contributed by atoms with Gasteiger partial charge in [0.1, 0.15) is 0 Å². The van der Waals surface area contributed by atoms with Crippen LogP contribution in [0.3, 0.4) is 0 Å². The number of aliphatic imine (C=N–C) groups is 2. The maximum Gasteiger partial charge on any atom is 0.196 e. The van der Waals surface area contributed by atoms with Crippen LogP contribution in [0.5, 0.6) is 0 Å². The molecule has 0 unspecified atom stereocenters. The summed E-state index contributed by atoms with van der Waals surface area (Å²) in [5.41, 5.74) is 1.89. The van der Waals surface area contributed by atoms with Gasteiger partial charge in [0.25, 0.3) is 0 Å². The number of rotatable bonds is 6. The largest absolute Gasteiger partial charge is 0.354 e. The summed E-state index contributed by atoms with van der Waals surface area (Å²) < 4.78 is 0. The van der Waals surface area contributed by atoms with Crippen molar-refractivity contribution in [3.8, 4) is 0 Å². The van der Waals surface area contributed by atoms with Crippen molar-refractivity contribution in [1.82, 2.24) is 10.6 Å². The molecule has 0 aromatic heterocycles. The first-order valence-electron chi connectivity index (χ1n) is 9.49. The van der Waals surface area contributed by atoms with Crippen LogP contribution in [0.2, 0.25) is 0 Å². The van der Waals surface area contributed by atoms with Gasteiger partial charge in [-0.05, 0) is 67.5 Å². The molecule has 6 nitrogen and oxygen atoms in total. The Morgan fingerprint density at radius 2 is 1.00 bits per heavy atom. The normalized spacial score (nSPS) is 12.9. The smallest absolute Gasteiger partial charge is 0.196 e. The van der Waals surface area contributed by atoms with Crippen LogP contribution >= 0.6 is 0 Å². The molecule has 1 rings (SSSR count). The third-order valence-electron chi connectivity index (χ3n) is 3.06. The Kier molecular flexibility index (Phi) is 8.96. The molecular formula is C20H36N6. The molecule has 0 amide bonds. The quantitative estimate of drug-likeness (QED) is 0.456. The lowest BCUT2D eigenvalue weighted by Gasteiger charge is -2.21. The Balaban J connectivity index is 3.08. The number of hydrogen-bond donors (Lipinski definition) is 4. The van der Waals surface area contributed by atoms with E-state index in [1.807, 2.05) is 24.3 Å². The summed E-state index contributed by atoms with van der Waals surface area (Å²) in [6.07, 6.45) is 0. The SMILES string of the molecule is CC(C)N=C(Nc1ccccc1NC(=NC(C)C)NC(C)C)NC(C)C. The Labute approximate surface area is 159 Å². The average Bonchev–Trinajstić information content (AvgIpc) is 2.46. The number of benzene rings is 1. The van der Waals surface area contributed by atoms with Gasteiger partial charge < -0.3 is 21.3 Å². The molecule has 1 aromatic rings. The maximum absolute atomic E-state index is 4.65. The van der Waals surface area contributed by atoms with Crippen LogP contribution in [0.1, 0.15) is 55.4 Å². The second-order valence-electron chi connectivity index (χ2n) is 7.54. The molecule has 146 valence electrons. The highest BCUT2D eigenvalue weighted by Gasteiger charge is 2.10. The van der Waals surface area contributed by atoms with Gasteiger partial charge in [-0.15, -0.1) is 0 Å². The lowest BCUT2D eigenvalue weighted by molar-refractivity contribution is 0.716. The van der Waals surface area contributed by atoms with Gasteiger partial charge in [0.15, 0.2) is 11.9 Å². The zero-order valence-corrected chi connectivity index (χ0v) is 17.5. The minimum atomic E-state index is 0.199. The van der Waals surface area contributed by atoms with Crippen molar-refractivity contribution in [2.75, 3.05) is 10.6 Å². The first-order chi connectivity index (χ1) is 12.2. The summed E-state index contributed by atoms with van der Waals surface area (Å²) in [4.78, 5) is 9.30. The monoisotopic (exact) mass is 360 g/mol. The minimum Gasteiger partial charge on any atom is -0.354 e. The predicted octanol–water partition coefficient (Wildman–Crippen LogP) is 4.04. The van der Waals surface area contributed by atoms with Crippen molar-refractivity contribution in [3.05, 3.63) is 24.3 Å². The first kappa shape index (κ1) is 21.8. The Morgan fingerprint density at radius 1 is 0.654 bits per heavy atom. The predicted molar refractivity (Wildman–Crippen MR) is 115 cm³/mol. The van der Waals surface area contributed by atoms with E-state index in [0.717, 1.165) is 23.3 Å². The van der Waals surface area contributed by atoms with Crippen molar-refractivity contribution in [1.29, 1.82) is 0 Å². The highest BCUT2D eigenvalue weighted by atomic mass is 15.2. The summed E-state index contributed by atoms with van der Waals surface area (Å²) >= 11 is 0. The van der Waals surface area contributed by atoms with Crippen molar-refractivity contribution in [3.63, 3.8) is 0 Å². The molecule has 0 aliphatic rings. The molecule has 0 spiro atoms. The average molecular weight is 361 g/mol. The third-order valence-corrected chi connectivity index (χ3v) is 3.06. The van der Waals surface area contributed by atoms with Crippen LogP contribution in [0.15, 0.2) is 34.3 Å². The van der Waals surface area contributed by atoms with Gasteiger partial charge in [0.2, 0.25) is 0 Å².